The molecule has 0 bridgehead atoms. The minimum Gasteiger partial charge on any atom is -0.376 e. The smallest absolute Gasteiger partial charge is 0.315 e. The monoisotopic (exact) mass is 345 g/mol. The van der Waals surface area contributed by atoms with Gasteiger partial charge < -0.3 is 20.7 Å². The maximum absolute atomic E-state index is 12.2. The maximum Gasteiger partial charge on any atom is 0.315 e. The molecule has 0 spiro atoms. The van der Waals surface area contributed by atoms with Gasteiger partial charge in [-0.1, -0.05) is 12.1 Å². The molecule has 0 radical (unpaired) electrons. The van der Waals surface area contributed by atoms with Crippen LogP contribution >= 0.6 is 0 Å². The zero-order valence-electron chi connectivity index (χ0n) is 14.9. The van der Waals surface area contributed by atoms with E-state index in [2.05, 4.69) is 16.0 Å². The first kappa shape index (κ1) is 17.7. The highest BCUT2D eigenvalue weighted by Gasteiger charge is 2.29. The summed E-state index contributed by atoms with van der Waals surface area (Å²) in [6.07, 6.45) is 4.13. The van der Waals surface area contributed by atoms with Crippen molar-refractivity contribution in [3.05, 3.63) is 29.8 Å². The lowest BCUT2D eigenvalue weighted by Crippen LogP contribution is -2.46. The number of hydrogen-bond donors (Lipinski definition) is 3. The zero-order valence-corrected chi connectivity index (χ0v) is 14.9. The molecular formula is C19H27N3O3. The van der Waals surface area contributed by atoms with Gasteiger partial charge in [-0.25, -0.2) is 4.79 Å². The molecular weight excluding hydrogens is 318 g/mol. The molecule has 3 amide bonds. The number of nitrogens with one attached hydrogen (secondary N) is 3. The highest BCUT2D eigenvalue weighted by molar-refractivity contribution is 5.94. The fourth-order valence-electron chi connectivity index (χ4n) is 3.06. The van der Waals surface area contributed by atoms with E-state index in [-0.39, 0.29) is 36.0 Å². The van der Waals surface area contributed by atoms with Crippen molar-refractivity contribution in [1.29, 1.82) is 0 Å². The van der Waals surface area contributed by atoms with Crippen LogP contribution in [0.2, 0.25) is 0 Å². The normalized spacial score (nSPS) is 22.1. The molecule has 1 aliphatic heterocycles. The van der Waals surface area contributed by atoms with Crippen LogP contribution in [0.15, 0.2) is 24.3 Å². The summed E-state index contributed by atoms with van der Waals surface area (Å²) in [5.41, 5.74) is 1.79. The van der Waals surface area contributed by atoms with Crippen molar-refractivity contribution in [2.45, 2.75) is 57.7 Å². The molecule has 1 saturated heterocycles. The van der Waals surface area contributed by atoms with E-state index in [4.69, 9.17) is 4.74 Å². The lowest BCUT2D eigenvalue weighted by molar-refractivity contribution is -0.117. The van der Waals surface area contributed by atoms with Crippen LogP contribution in [0.1, 0.15) is 51.1 Å². The zero-order chi connectivity index (χ0) is 17.8. The Balaban J connectivity index is 1.47. The van der Waals surface area contributed by atoms with Crippen LogP contribution in [-0.2, 0) is 9.53 Å². The van der Waals surface area contributed by atoms with Crippen molar-refractivity contribution in [2.24, 2.45) is 5.92 Å². The molecule has 1 aromatic rings. The quantitative estimate of drug-likeness (QED) is 0.741. The number of anilines is 1. The van der Waals surface area contributed by atoms with Crippen molar-refractivity contribution in [1.82, 2.24) is 10.6 Å². The summed E-state index contributed by atoms with van der Waals surface area (Å²) in [6.45, 7) is 4.68. The fourth-order valence-corrected chi connectivity index (χ4v) is 3.06. The Labute approximate surface area is 148 Å². The molecule has 1 aromatic carbocycles. The summed E-state index contributed by atoms with van der Waals surface area (Å²) in [7, 11) is 0. The lowest BCUT2D eigenvalue weighted by Gasteiger charge is -2.22. The summed E-state index contributed by atoms with van der Waals surface area (Å²) in [5, 5.41) is 8.81. The van der Waals surface area contributed by atoms with Crippen LogP contribution in [0.25, 0.3) is 0 Å². The number of ether oxygens (including phenoxy) is 1. The molecule has 3 N–H and O–H groups in total. The van der Waals surface area contributed by atoms with Gasteiger partial charge in [-0.05, 0) is 57.2 Å². The van der Waals surface area contributed by atoms with Gasteiger partial charge in [0.2, 0.25) is 5.91 Å². The SMILES string of the molecule is CC(NC(=O)NC(C)C1CCCO1)c1ccc(NC(=O)C2CC2)cc1. The first-order valence-electron chi connectivity index (χ1n) is 9.12. The average Bonchev–Trinajstić information content (AvgIpc) is 3.29. The molecule has 2 aliphatic rings. The van der Waals surface area contributed by atoms with E-state index in [0.717, 1.165) is 43.5 Å². The highest BCUT2D eigenvalue weighted by Crippen LogP contribution is 2.30. The van der Waals surface area contributed by atoms with E-state index in [1.807, 2.05) is 38.1 Å². The predicted octanol–water partition coefficient (Wildman–Crippen LogP) is 2.96. The second-order valence-electron chi connectivity index (χ2n) is 7.07. The van der Waals surface area contributed by atoms with Crippen molar-refractivity contribution in [2.75, 3.05) is 11.9 Å². The number of carbonyl (C=O) groups is 2. The number of urea groups is 1. The summed E-state index contributed by atoms with van der Waals surface area (Å²) < 4.78 is 5.59. The third-order valence-electron chi connectivity index (χ3n) is 4.86. The Kier molecular flexibility index (Phi) is 5.58. The van der Waals surface area contributed by atoms with Gasteiger partial charge in [-0.3, -0.25) is 4.79 Å². The van der Waals surface area contributed by atoms with Crippen LogP contribution in [0.5, 0.6) is 0 Å². The molecule has 6 heteroatoms. The van der Waals surface area contributed by atoms with Crippen molar-refractivity contribution < 1.29 is 14.3 Å². The standard InChI is InChI=1S/C19H27N3O3/c1-12(20-19(24)21-13(2)17-4-3-11-25-17)14-7-9-16(10-8-14)22-18(23)15-5-6-15/h7-10,12-13,15,17H,3-6,11H2,1-2H3,(H,22,23)(H2,20,21,24). The van der Waals surface area contributed by atoms with E-state index in [1.165, 1.54) is 0 Å². The predicted molar refractivity (Wildman–Crippen MR) is 96.3 cm³/mol. The number of hydrogen-bond acceptors (Lipinski definition) is 3. The second kappa shape index (κ2) is 7.87. The lowest BCUT2D eigenvalue weighted by atomic mass is 10.1. The summed E-state index contributed by atoms with van der Waals surface area (Å²) in [5.74, 6) is 0.288. The molecule has 1 aliphatic carbocycles. The van der Waals surface area contributed by atoms with Crippen molar-refractivity contribution >= 4 is 17.6 Å². The molecule has 1 heterocycles. The third-order valence-corrected chi connectivity index (χ3v) is 4.86. The van der Waals surface area contributed by atoms with Gasteiger partial charge in [-0.15, -0.1) is 0 Å². The molecule has 0 aromatic heterocycles. The van der Waals surface area contributed by atoms with Gasteiger partial charge in [0, 0.05) is 18.2 Å². The van der Waals surface area contributed by atoms with Gasteiger partial charge in [0.15, 0.2) is 0 Å². The number of benzene rings is 1. The van der Waals surface area contributed by atoms with Crippen LogP contribution < -0.4 is 16.0 Å². The minimum atomic E-state index is -0.193. The van der Waals surface area contributed by atoms with E-state index in [1.54, 1.807) is 0 Å². The van der Waals surface area contributed by atoms with Crippen LogP contribution in [0, 0.1) is 5.92 Å². The van der Waals surface area contributed by atoms with Gasteiger partial charge >= 0.3 is 6.03 Å². The Bertz CT molecular complexity index is 607. The molecule has 1 saturated carbocycles. The van der Waals surface area contributed by atoms with Crippen molar-refractivity contribution in [3.8, 4) is 0 Å². The summed E-state index contributed by atoms with van der Waals surface area (Å²) in [6, 6.07) is 7.29. The maximum atomic E-state index is 12.2. The van der Waals surface area contributed by atoms with Crippen LogP contribution in [0.3, 0.4) is 0 Å². The minimum absolute atomic E-state index is 0.00490. The Morgan fingerprint density at radius 2 is 1.80 bits per heavy atom. The highest BCUT2D eigenvalue weighted by atomic mass is 16.5. The van der Waals surface area contributed by atoms with Gasteiger partial charge in [0.25, 0.3) is 0 Å². The van der Waals surface area contributed by atoms with Crippen molar-refractivity contribution in [3.63, 3.8) is 0 Å². The molecule has 6 nitrogen and oxygen atoms in total. The van der Waals surface area contributed by atoms with Gasteiger partial charge in [0.05, 0.1) is 18.2 Å². The van der Waals surface area contributed by atoms with Gasteiger partial charge in [0.1, 0.15) is 0 Å². The average molecular weight is 345 g/mol. The van der Waals surface area contributed by atoms with E-state index in [9.17, 15) is 9.59 Å². The molecule has 25 heavy (non-hydrogen) atoms. The Morgan fingerprint density at radius 3 is 2.40 bits per heavy atom. The molecule has 2 fully saturated rings. The van der Waals surface area contributed by atoms with Gasteiger partial charge in [-0.2, -0.15) is 0 Å². The molecule has 3 unspecified atom stereocenters. The van der Waals surface area contributed by atoms with E-state index < -0.39 is 0 Å². The number of carbonyl (C=O) groups excluding carboxylic acids is 2. The largest absolute Gasteiger partial charge is 0.376 e. The first-order chi connectivity index (χ1) is 12.0. The molecule has 136 valence electrons. The summed E-state index contributed by atoms with van der Waals surface area (Å²) in [4.78, 5) is 23.9. The Hall–Kier alpha value is -2.08. The fraction of sp³-hybridized carbons (Fsp3) is 0.579. The molecule has 3 atom stereocenters. The third kappa shape index (κ3) is 4.95. The van der Waals surface area contributed by atoms with Crippen LogP contribution in [-0.4, -0.2) is 30.7 Å². The number of amides is 3. The van der Waals surface area contributed by atoms with E-state index in [0.29, 0.717) is 0 Å². The second-order valence-corrected chi connectivity index (χ2v) is 7.07. The van der Waals surface area contributed by atoms with Crippen LogP contribution in [0.4, 0.5) is 10.5 Å². The summed E-state index contributed by atoms with van der Waals surface area (Å²) >= 11 is 0. The van der Waals surface area contributed by atoms with E-state index >= 15 is 0 Å². The topological polar surface area (TPSA) is 79.5 Å². The Morgan fingerprint density at radius 1 is 1.08 bits per heavy atom. The molecule has 3 rings (SSSR count). The number of rotatable bonds is 6. The first-order valence-corrected chi connectivity index (χ1v) is 9.12.